The Hall–Kier alpha value is -2.92. The summed E-state index contributed by atoms with van der Waals surface area (Å²) in [5.74, 6) is 2.15. The van der Waals surface area contributed by atoms with Gasteiger partial charge in [-0.1, -0.05) is 38.1 Å². The molecule has 2 N–H and O–H groups in total. The van der Waals surface area contributed by atoms with Crippen molar-refractivity contribution < 1.29 is 9.47 Å². The van der Waals surface area contributed by atoms with Gasteiger partial charge in [-0.3, -0.25) is 4.98 Å². The van der Waals surface area contributed by atoms with Gasteiger partial charge in [-0.2, -0.15) is 0 Å². The molecule has 0 bridgehead atoms. The zero-order chi connectivity index (χ0) is 20.4. The maximum Gasteiger partial charge on any atom is 0.238 e. The average molecular weight is 389 g/mol. The van der Waals surface area contributed by atoms with Crippen LogP contribution in [0.2, 0.25) is 0 Å². The Balaban J connectivity index is 1.45. The number of nitrogens with two attached hydrogens (primary N) is 1. The molecule has 4 rings (SSSR count). The predicted molar refractivity (Wildman–Crippen MR) is 113 cm³/mol. The van der Waals surface area contributed by atoms with E-state index in [1.54, 1.807) is 12.4 Å². The highest BCUT2D eigenvalue weighted by molar-refractivity contribution is 5.42. The second-order valence-corrected chi connectivity index (χ2v) is 8.25. The Kier molecular flexibility index (Phi) is 5.24. The molecule has 0 atom stereocenters. The quantitative estimate of drug-likeness (QED) is 0.657. The van der Waals surface area contributed by atoms with Crippen molar-refractivity contribution >= 4 is 0 Å². The van der Waals surface area contributed by atoms with Gasteiger partial charge in [0, 0.05) is 17.7 Å². The third-order valence-corrected chi connectivity index (χ3v) is 5.54. The number of nitrogens with zero attached hydrogens (tertiary/aromatic N) is 2. The van der Waals surface area contributed by atoms with E-state index in [-0.39, 0.29) is 11.5 Å². The van der Waals surface area contributed by atoms with Crippen LogP contribution in [0.15, 0.2) is 60.9 Å². The van der Waals surface area contributed by atoms with Crippen molar-refractivity contribution in [3.8, 4) is 17.4 Å². The molecule has 2 aromatic carbocycles. The van der Waals surface area contributed by atoms with E-state index in [0.29, 0.717) is 11.9 Å². The fraction of sp³-hybridized carbons (Fsp3) is 0.333. The van der Waals surface area contributed by atoms with Gasteiger partial charge in [0.2, 0.25) is 5.88 Å². The fourth-order valence-electron chi connectivity index (χ4n) is 3.56. The summed E-state index contributed by atoms with van der Waals surface area (Å²) < 4.78 is 11.8. The number of aryl methyl sites for hydroxylation is 1. The summed E-state index contributed by atoms with van der Waals surface area (Å²) in [6.07, 6.45) is 5.46. The SMILES string of the molecule is Cc1cncc(Oc2ccc(C(C)(C)c3ccc(O[C@H]4C[C@H](N)C4)cc3)cc2)n1. The lowest BCUT2D eigenvalue weighted by molar-refractivity contribution is 0.101. The van der Waals surface area contributed by atoms with E-state index in [1.807, 2.05) is 19.1 Å². The van der Waals surface area contributed by atoms with Gasteiger partial charge in [0.15, 0.2) is 0 Å². The van der Waals surface area contributed by atoms with Crippen LogP contribution in [-0.2, 0) is 5.41 Å². The van der Waals surface area contributed by atoms with Crippen LogP contribution in [0.25, 0.3) is 0 Å². The molecule has 29 heavy (non-hydrogen) atoms. The summed E-state index contributed by atoms with van der Waals surface area (Å²) in [7, 11) is 0. The molecular formula is C24H27N3O2. The van der Waals surface area contributed by atoms with Crippen LogP contribution in [0.1, 0.15) is 43.5 Å². The molecule has 1 saturated carbocycles. The number of benzene rings is 2. The second-order valence-electron chi connectivity index (χ2n) is 8.25. The van der Waals surface area contributed by atoms with Crippen molar-refractivity contribution in [1.82, 2.24) is 9.97 Å². The molecule has 150 valence electrons. The summed E-state index contributed by atoms with van der Waals surface area (Å²) in [4.78, 5) is 8.44. The van der Waals surface area contributed by atoms with Crippen LogP contribution in [-0.4, -0.2) is 22.1 Å². The van der Waals surface area contributed by atoms with E-state index >= 15 is 0 Å². The number of aromatic nitrogens is 2. The number of ether oxygens (including phenoxy) is 2. The van der Waals surface area contributed by atoms with Crippen LogP contribution >= 0.6 is 0 Å². The molecule has 3 aromatic rings. The van der Waals surface area contributed by atoms with E-state index in [1.165, 1.54) is 11.1 Å². The molecule has 0 spiro atoms. The lowest BCUT2D eigenvalue weighted by Crippen LogP contribution is -2.43. The lowest BCUT2D eigenvalue weighted by atomic mass is 9.78. The van der Waals surface area contributed by atoms with Crippen molar-refractivity contribution in [2.24, 2.45) is 5.73 Å². The second kappa shape index (κ2) is 7.84. The van der Waals surface area contributed by atoms with Crippen LogP contribution < -0.4 is 15.2 Å². The highest BCUT2D eigenvalue weighted by Gasteiger charge is 2.28. The molecule has 1 fully saturated rings. The van der Waals surface area contributed by atoms with Gasteiger partial charge in [-0.05, 0) is 55.2 Å². The van der Waals surface area contributed by atoms with Crippen LogP contribution in [0, 0.1) is 6.92 Å². The molecule has 0 radical (unpaired) electrons. The fourth-order valence-corrected chi connectivity index (χ4v) is 3.56. The molecular weight excluding hydrogens is 362 g/mol. The minimum Gasteiger partial charge on any atom is -0.490 e. The first-order valence-electron chi connectivity index (χ1n) is 10.00. The monoisotopic (exact) mass is 389 g/mol. The van der Waals surface area contributed by atoms with E-state index in [2.05, 4.69) is 60.2 Å². The van der Waals surface area contributed by atoms with Gasteiger partial charge in [-0.15, -0.1) is 0 Å². The molecule has 0 saturated heterocycles. The van der Waals surface area contributed by atoms with Crippen LogP contribution in [0.3, 0.4) is 0 Å². The van der Waals surface area contributed by atoms with Crippen molar-refractivity contribution in [3.05, 3.63) is 77.7 Å². The Labute approximate surface area is 171 Å². The molecule has 1 aliphatic carbocycles. The van der Waals surface area contributed by atoms with Gasteiger partial charge in [0.25, 0.3) is 0 Å². The molecule has 1 aromatic heterocycles. The van der Waals surface area contributed by atoms with Crippen LogP contribution in [0.5, 0.6) is 17.4 Å². The molecule has 5 heteroatoms. The zero-order valence-corrected chi connectivity index (χ0v) is 17.1. The summed E-state index contributed by atoms with van der Waals surface area (Å²) in [5, 5.41) is 0. The maximum absolute atomic E-state index is 5.97. The van der Waals surface area contributed by atoms with Crippen molar-refractivity contribution in [1.29, 1.82) is 0 Å². The van der Waals surface area contributed by atoms with Crippen molar-refractivity contribution in [2.45, 2.75) is 51.2 Å². The highest BCUT2D eigenvalue weighted by Crippen LogP contribution is 2.34. The average Bonchev–Trinajstić information content (AvgIpc) is 2.68. The molecule has 0 aliphatic heterocycles. The van der Waals surface area contributed by atoms with E-state index < -0.39 is 0 Å². The smallest absolute Gasteiger partial charge is 0.238 e. The summed E-state index contributed by atoms with van der Waals surface area (Å²) in [6, 6.07) is 16.8. The molecule has 5 nitrogen and oxygen atoms in total. The third-order valence-electron chi connectivity index (χ3n) is 5.54. The van der Waals surface area contributed by atoms with E-state index in [4.69, 9.17) is 15.2 Å². The summed E-state index contributed by atoms with van der Waals surface area (Å²) >= 11 is 0. The minimum absolute atomic E-state index is 0.140. The van der Waals surface area contributed by atoms with Crippen molar-refractivity contribution in [2.75, 3.05) is 0 Å². The highest BCUT2D eigenvalue weighted by atomic mass is 16.5. The normalized spacial score (nSPS) is 18.8. The molecule has 0 amide bonds. The first-order valence-corrected chi connectivity index (χ1v) is 10.00. The van der Waals surface area contributed by atoms with E-state index in [0.717, 1.165) is 30.0 Å². The first-order chi connectivity index (χ1) is 13.9. The molecule has 1 heterocycles. The third kappa shape index (κ3) is 4.40. The number of hydrogen-bond acceptors (Lipinski definition) is 5. The molecule has 1 aliphatic rings. The van der Waals surface area contributed by atoms with Crippen LogP contribution in [0.4, 0.5) is 0 Å². The Bertz CT molecular complexity index is 962. The summed E-state index contributed by atoms with van der Waals surface area (Å²) in [5.41, 5.74) is 8.96. The standard InChI is InChI=1S/C24H27N3O2/c1-16-14-26-15-23(27-16)29-21-10-6-18(7-11-21)24(2,3)17-4-8-20(9-5-17)28-22-12-19(25)13-22/h4-11,14-15,19,22H,12-13,25H2,1-3H3/t19-,22-. The molecule has 0 unspecified atom stereocenters. The Morgan fingerprint density at radius 3 is 2.03 bits per heavy atom. The van der Waals surface area contributed by atoms with Gasteiger partial charge < -0.3 is 15.2 Å². The lowest BCUT2D eigenvalue weighted by Gasteiger charge is -2.33. The first kappa shape index (κ1) is 19.4. The van der Waals surface area contributed by atoms with Gasteiger partial charge >= 0.3 is 0 Å². The van der Waals surface area contributed by atoms with Crippen molar-refractivity contribution in [3.63, 3.8) is 0 Å². The van der Waals surface area contributed by atoms with Gasteiger partial charge in [-0.25, -0.2) is 4.98 Å². The topological polar surface area (TPSA) is 70.3 Å². The van der Waals surface area contributed by atoms with E-state index in [9.17, 15) is 0 Å². The number of hydrogen-bond donors (Lipinski definition) is 1. The van der Waals surface area contributed by atoms with Gasteiger partial charge in [0.1, 0.15) is 17.6 Å². The Morgan fingerprint density at radius 1 is 0.897 bits per heavy atom. The minimum atomic E-state index is -0.140. The number of rotatable bonds is 6. The van der Waals surface area contributed by atoms with Gasteiger partial charge in [0.05, 0.1) is 11.9 Å². The maximum atomic E-state index is 5.97. The zero-order valence-electron chi connectivity index (χ0n) is 17.1. The Morgan fingerprint density at radius 2 is 1.48 bits per heavy atom. The predicted octanol–water partition coefficient (Wildman–Crippen LogP) is 4.77. The summed E-state index contributed by atoms with van der Waals surface area (Å²) in [6.45, 7) is 6.33. The largest absolute Gasteiger partial charge is 0.490 e.